The van der Waals surface area contributed by atoms with Crippen LogP contribution in [0.2, 0.25) is 0 Å². The van der Waals surface area contributed by atoms with Crippen LogP contribution < -0.4 is 10.6 Å². The Hall–Kier alpha value is -1.59. The van der Waals surface area contributed by atoms with E-state index in [1.54, 1.807) is 6.92 Å². The molecular formula is C22H36N2O4. The van der Waals surface area contributed by atoms with E-state index in [1.807, 2.05) is 13.8 Å². The first-order chi connectivity index (χ1) is 13.3. The largest absolute Gasteiger partial charge is 0.466 e. The molecular weight excluding hydrogens is 356 g/mol. The molecule has 28 heavy (non-hydrogen) atoms. The average Bonchev–Trinajstić information content (AvgIpc) is 2.61. The summed E-state index contributed by atoms with van der Waals surface area (Å²) in [6.45, 7) is 6.48. The fraction of sp³-hybridized carbons (Fsp3) is 0.864. The lowest BCUT2D eigenvalue weighted by atomic mass is 9.49. The van der Waals surface area contributed by atoms with Crippen LogP contribution in [0.25, 0.3) is 0 Å². The molecule has 0 aromatic heterocycles. The molecule has 0 saturated heterocycles. The molecule has 0 aromatic carbocycles. The van der Waals surface area contributed by atoms with E-state index >= 15 is 0 Å². The zero-order valence-electron chi connectivity index (χ0n) is 17.6. The van der Waals surface area contributed by atoms with Crippen molar-refractivity contribution in [3.63, 3.8) is 0 Å². The minimum absolute atomic E-state index is 0.0166. The standard InChI is InChI=1S/C22H36N2O4/c1-4-28-18(25)6-5-7-23-20(26)19(14(2)3)24-21(27)22-11-15-8-16(12-22)10-17(9-15)13-22/h14-17,19H,4-13H2,1-3H3,(H,23,26)(H,24,27). The second-order valence-corrected chi connectivity index (χ2v) is 9.59. The maximum absolute atomic E-state index is 13.3. The molecule has 4 bridgehead atoms. The Bertz CT molecular complexity index is 566. The number of esters is 1. The second kappa shape index (κ2) is 8.83. The number of carbonyl (C=O) groups is 3. The summed E-state index contributed by atoms with van der Waals surface area (Å²) in [6, 6.07) is -0.525. The normalized spacial score (nSPS) is 31.5. The molecule has 4 rings (SSSR count). The Labute approximate surface area is 168 Å². The number of hydrogen-bond acceptors (Lipinski definition) is 4. The first-order valence-corrected chi connectivity index (χ1v) is 11.1. The van der Waals surface area contributed by atoms with Crippen molar-refractivity contribution in [3.8, 4) is 0 Å². The van der Waals surface area contributed by atoms with E-state index in [0.29, 0.717) is 43.7 Å². The zero-order chi connectivity index (χ0) is 20.3. The number of rotatable bonds is 9. The van der Waals surface area contributed by atoms with Gasteiger partial charge in [-0.15, -0.1) is 0 Å². The maximum Gasteiger partial charge on any atom is 0.305 e. The highest BCUT2D eigenvalue weighted by Gasteiger charge is 2.55. The van der Waals surface area contributed by atoms with E-state index in [4.69, 9.17) is 4.74 Å². The molecule has 4 aliphatic rings. The third-order valence-electron chi connectivity index (χ3n) is 6.92. The molecule has 2 amide bonds. The summed E-state index contributed by atoms with van der Waals surface area (Å²) in [5, 5.41) is 5.98. The molecule has 6 nitrogen and oxygen atoms in total. The zero-order valence-corrected chi connectivity index (χ0v) is 17.6. The smallest absolute Gasteiger partial charge is 0.305 e. The summed E-state index contributed by atoms with van der Waals surface area (Å²) in [4.78, 5) is 37.3. The molecule has 0 spiro atoms. The molecule has 0 heterocycles. The summed E-state index contributed by atoms with van der Waals surface area (Å²) in [6.07, 6.45) is 7.70. The van der Waals surface area contributed by atoms with Crippen LogP contribution in [-0.2, 0) is 19.1 Å². The monoisotopic (exact) mass is 392 g/mol. The van der Waals surface area contributed by atoms with Gasteiger partial charge in [0.1, 0.15) is 6.04 Å². The van der Waals surface area contributed by atoms with E-state index in [0.717, 1.165) is 19.3 Å². The van der Waals surface area contributed by atoms with Gasteiger partial charge in [0.05, 0.1) is 6.61 Å². The van der Waals surface area contributed by atoms with Gasteiger partial charge in [-0.2, -0.15) is 0 Å². The van der Waals surface area contributed by atoms with Crippen molar-refractivity contribution in [1.82, 2.24) is 10.6 Å². The van der Waals surface area contributed by atoms with E-state index in [1.165, 1.54) is 19.3 Å². The molecule has 4 aliphatic carbocycles. The van der Waals surface area contributed by atoms with Gasteiger partial charge >= 0.3 is 5.97 Å². The molecule has 4 saturated carbocycles. The van der Waals surface area contributed by atoms with Crippen LogP contribution in [0, 0.1) is 29.1 Å². The third kappa shape index (κ3) is 4.69. The van der Waals surface area contributed by atoms with Gasteiger partial charge in [-0.05, 0) is 75.5 Å². The van der Waals surface area contributed by atoms with Crippen LogP contribution in [0.15, 0.2) is 0 Å². The summed E-state index contributed by atoms with van der Waals surface area (Å²) < 4.78 is 4.90. The molecule has 4 fully saturated rings. The van der Waals surface area contributed by atoms with Gasteiger partial charge in [0, 0.05) is 18.4 Å². The van der Waals surface area contributed by atoms with Crippen molar-refractivity contribution in [1.29, 1.82) is 0 Å². The van der Waals surface area contributed by atoms with E-state index in [2.05, 4.69) is 10.6 Å². The minimum atomic E-state index is -0.525. The Kier molecular flexibility index (Phi) is 6.66. The van der Waals surface area contributed by atoms with E-state index in [9.17, 15) is 14.4 Å². The molecule has 1 atom stereocenters. The predicted molar refractivity (Wildman–Crippen MR) is 106 cm³/mol. The quantitative estimate of drug-likeness (QED) is 0.467. The van der Waals surface area contributed by atoms with Crippen molar-refractivity contribution >= 4 is 17.8 Å². The number of amides is 2. The third-order valence-corrected chi connectivity index (χ3v) is 6.92. The summed E-state index contributed by atoms with van der Waals surface area (Å²) in [5.41, 5.74) is -0.244. The highest BCUT2D eigenvalue weighted by molar-refractivity contribution is 5.90. The lowest BCUT2D eigenvalue weighted by Crippen LogP contribution is -2.58. The van der Waals surface area contributed by atoms with Crippen molar-refractivity contribution in [3.05, 3.63) is 0 Å². The van der Waals surface area contributed by atoms with Crippen LogP contribution in [0.4, 0.5) is 0 Å². The van der Waals surface area contributed by atoms with Crippen molar-refractivity contribution in [2.24, 2.45) is 29.1 Å². The van der Waals surface area contributed by atoms with Crippen LogP contribution in [0.3, 0.4) is 0 Å². The van der Waals surface area contributed by atoms with Crippen molar-refractivity contribution in [2.45, 2.75) is 78.2 Å². The lowest BCUT2D eigenvalue weighted by Gasteiger charge is -2.55. The minimum Gasteiger partial charge on any atom is -0.466 e. The van der Waals surface area contributed by atoms with Crippen LogP contribution in [0.5, 0.6) is 0 Å². The van der Waals surface area contributed by atoms with Gasteiger partial charge < -0.3 is 15.4 Å². The predicted octanol–water partition coefficient (Wildman–Crippen LogP) is 2.80. The Morgan fingerprint density at radius 3 is 2.11 bits per heavy atom. The van der Waals surface area contributed by atoms with Gasteiger partial charge in [-0.1, -0.05) is 13.8 Å². The van der Waals surface area contributed by atoms with Crippen LogP contribution >= 0.6 is 0 Å². The maximum atomic E-state index is 13.3. The molecule has 0 aliphatic heterocycles. The van der Waals surface area contributed by atoms with E-state index < -0.39 is 6.04 Å². The van der Waals surface area contributed by atoms with Gasteiger partial charge in [0.2, 0.25) is 11.8 Å². The first kappa shape index (κ1) is 21.1. The van der Waals surface area contributed by atoms with Crippen molar-refractivity contribution in [2.75, 3.05) is 13.2 Å². The van der Waals surface area contributed by atoms with Crippen LogP contribution in [-0.4, -0.2) is 37.0 Å². The summed E-state index contributed by atoms with van der Waals surface area (Å²) in [7, 11) is 0. The van der Waals surface area contributed by atoms with Gasteiger partial charge in [-0.25, -0.2) is 0 Å². The highest BCUT2D eigenvalue weighted by atomic mass is 16.5. The number of ether oxygens (including phenoxy) is 1. The number of hydrogen-bond donors (Lipinski definition) is 2. The Morgan fingerprint density at radius 1 is 1.04 bits per heavy atom. The Balaban J connectivity index is 1.52. The molecule has 2 N–H and O–H groups in total. The molecule has 0 aromatic rings. The van der Waals surface area contributed by atoms with Gasteiger partial charge in [0.15, 0.2) is 0 Å². The fourth-order valence-corrected chi connectivity index (χ4v) is 6.01. The lowest BCUT2D eigenvalue weighted by molar-refractivity contribution is -0.149. The average molecular weight is 393 g/mol. The summed E-state index contributed by atoms with van der Waals surface area (Å²) >= 11 is 0. The van der Waals surface area contributed by atoms with Crippen LogP contribution in [0.1, 0.15) is 72.1 Å². The molecule has 158 valence electrons. The molecule has 6 heteroatoms. The molecule has 0 radical (unpaired) electrons. The fourth-order valence-electron chi connectivity index (χ4n) is 6.01. The number of carbonyl (C=O) groups excluding carboxylic acids is 3. The van der Waals surface area contributed by atoms with Crippen molar-refractivity contribution < 1.29 is 19.1 Å². The highest BCUT2D eigenvalue weighted by Crippen LogP contribution is 2.60. The SMILES string of the molecule is CCOC(=O)CCCNC(=O)C(NC(=O)C12CC3CC(CC(C3)C1)C2)C(C)C. The van der Waals surface area contributed by atoms with E-state index in [-0.39, 0.29) is 29.1 Å². The molecule has 1 unspecified atom stereocenters. The topological polar surface area (TPSA) is 84.5 Å². The van der Waals surface area contributed by atoms with Gasteiger partial charge in [-0.3, -0.25) is 14.4 Å². The summed E-state index contributed by atoms with van der Waals surface area (Å²) in [5.74, 6) is 1.81. The second-order valence-electron chi connectivity index (χ2n) is 9.59. The van der Waals surface area contributed by atoms with Gasteiger partial charge in [0.25, 0.3) is 0 Å². The Morgan fingerprint density at radius 2 is 1.61 bits per heavy atom. The number of nitrogens with one attached hydrogen (secondary N) is 2. The first-order valence-electron chi connectivity index (χ1n) is 11.1.